The van der Waals surface area contributed by atoms with Crippen molar-refractivity contribution < 1.29 is 14.3 Å². The summed E-state index contributed by atoms with van der Waals surface area (Å²) in [5.74, 6) is 0.0698. The monoisotopic (exact) mass is 369 g/mol. The van der Waals surface area contributed by atoms with Crippen molar-refractivity contribution in [3.8, 4) is 5.75 Å². The summed E-state index contributed by atoms with van der Waals surface area (Å²) < 4.78 is 5.07. The molecule has 0 aliphatic carbocycles. The van der Waals surface area contributed by atoms with Gasteiger partial charge in [-0.1, -0.05) is 42.5 Å². The Morgan fingerprint density at radius 3 is 2.38 bits per heavy atom. The van der Waals surface area contributed by atoms with Crippen molar-refractivity contribution in [1.29, 1.82) is 0 Å². The van der Waals surface area contributed by atoms with Crippen LogP contribution in [0.2, 0.25) is 0 Å². The van der Waals surface area contributed by atoms with Crippen LogP contribution in [0.4, 0.5) is 0 Å². The van der Waals surface area contributed by atoms with E-state index in [9.17, 15) is 9.59 Å². The Hall–Kier alpha value is -3.19. The largest absolute Gasteiger partial charge is 0.497 e. The normalized spacial score (nSPS) is 10.2. The zero-order chi connectivity index (χ0) is 18.8. The molecule has 0 saturated carbocycles. The molecule has 2 aromatic carbocycles. The number of methoxy groups -OCH3 is 1. The van der Waals surface area contributed by atoms with Crippen molar-refractivity contribution in [2.75, 3.05) is 7.11 Å². The molecule has 0 aliphatic rings. The minimum absolute atomic E-state index is 0.00999. The van der Waals surface area contributed by atoms with Gasteiger partial charge >= 0.3 is 0 Å². The molecule has 0 bridgehead atoms. The van der Waals surface area contributed by atoms with E-state index in [1.807, 2.05) is 42.5 Å². The molecule has 0 saturated heterocycles. The highest BCUT2D eigenvalue weighted by atomic mass is 32.1. The number of hydrogen-bond acceptors (Lipinski definition) is 4. The number of thiocarbonyl (C=S) groups is 1. The summed E-state index contributed by atoms with van der Waals surface area (Å²) in [7, 11) is 1.59. The van der Waals surface area contributed by atoms with Gasteiger partial charge in [-0.15, -0.1) is 0 Å². The molecule has 2 rings (SSSR count). The SMILES string of the molecule is COc1ccc(C=CC(=O)NC(=S)NNC(=O)Cc2ccccc2)cc1. The summed E-state index contributed by atoms with van der Waals surface area (Å²) in [6, 6.07) is 16.5. The molecule has 0 aliphatic heterocycles. The maximum absolute atomic E-state index is 11.8. The molecule has 7 heteroatoms. The molecule has 0 aromatic heterocycles. The molecular formula is C19H19N3O3S. The molecule has 134 valence electrons. The van der Waals surface area contributed by atoms with Gasteiger partial charge in [0.1, 0.15) is 5.75 Å². The molecule has 0 heterocycles. The fourth-order valence-electron chi connectivity index (χ4n) is 2.02. The average molecular weight is 369 g/mol. The van der Waals surface area contributed by atoms with E-state index >= 15 is 0 Å². The summed E-state index contributed by atoms with van der Waals surface area (Å²) in [4.78, 5) is 23.6. The van der Waals surface area contributed by atoms with Gasteiger partial charge in [-0.2, -0.15) is 0 Å². The molecule has 0 unspecified atom stereocenters. The third-order valence-electron chi connectivity index (χ3n) is 3.30. The second-order valence-electron chi connectivity index (χ2n) is 5.26. The Balaban J connectivity index is 1.73. The van der Waals surface area contributed by atoms with Crippen LogP contribution < -0.4 is 20.9 Å². The third kappa shape index (κ3) is 6.74. The van der Waals surface area contributed by atoms with Gasteiger partial charge in [0.25, 0.3) is 0 Å². The van der Waals surface area contributed by atoms with Crippen LogP contribution in [0.5, 0.6) is 5.75 Å². The van der Waals surface area contributed by atoms with E-state index < -0.39 is 5.91 Å². The second-order valence-corrected chi connectivity index (χ2v) is 5.67. The predicted octanol–water partition coefficient (Wildman–Crippen LogP) is 1.97. The average Bonchev–Trinajstić information content (AvgIpc) is 2.66. The maximum atomic E-state index is 11.8. The lowest BCUT2D eigenvalue weighted by Gasteiger charge is -2.09. The Bertz CT molecular complexity index is 789. The van der Waals surface area contributed by atoms with E-state index in [4.69, 9.17) is 17.0 Å². The number of carbonyl (C=O) groups is 2. The van der Waals surface area contributed by atoms with Crippen LogP contribution in [0.25, 0.3) is 6.08 Å². The molecule has 2 aromatic rings. The van der Waals surface area contributed by atoms with Gasteiger partial charge in [0, 0.05) is 6.08 Å². The Kier molecular flexibility index (Phi) is 7.32. The van der Waals surface area contributed by atoms with Crippen molar-refractivity contribution in [1.82, 2.24) is 16.2 Å². The van der Waals surface area contributed by atoms with Gasteiger partial charge in [-0.25, -0.2) is 0 Å². The number of hydrogen-bond donors (Lipinski definition) is 3. The highest BCUT2D eigenvalue weighted by Crippen LogP contribution is 2.12. The fourth-order valence-corrected chi connectivity index (χ4v) is 2.18. The molecule has 26 heavy (non-hydrogen) atoms. The van der Waals surface area contributed by atoms with Crippen LogP contribution in [-0.4, -0.2) is 24.0 Å². The summed E-state index contributed by atoms with van der Waals surface area (Å²) in [5, 5.41) is 2.46. The predicted molar refractivity (Wildman–Crippen MR) is 104 cm³/mol. The molecular weight excluding hydrogens is 350 g/mol. The summed E-state index contributed by atoms with van der Waals surface area (Å²) in [5.41, 5.74) is 6.66. The van der Waals surface area contributed by atoms with Gasteiger partial charge in [0.15, 0.2) is 5.11 Å². The van der Waals surface area contributed by atoms with Crippen LogP contribution in [0, 0.1) is 0 Å². The summed E-state index contributed by atoms with van der Waals surface area (Å²) in [6.07, 6.45) is 3.20. The van der Waals surface area contributed by atoms with Gasteiger partial charge in [-0.3, -0.25) is 25.8 Å². The lowest BCUT2D eigenvalue weighted by atomic mass is 10.1. The third-order valence-corrected chi connectivity index (χ3v) is 3.51. The van der Waals surface area contributed by atoms with Crippen LogP contribution in [-0.2, 0) is 16.0 Å². The first kappa shape index (κ1) is 19.1. The fraction of sp³-hybridized carbons (Fsp3) is 0.105. The van der Waals surface area contributed by atoms with Crippen molar-refractivity contribution >= 4 is 35.2 Å². The Morgan fingerprint density at radius 2 is 1.73 bits per heavy atom. The number of rotatable bonds is 5. The van der Waals surface area contributed by atoms with E-state index in [0.29, 0.717) is 0 Å². The van der Waals surface area contributed by atoms with E-state index in [1.165, 1.54) is 6.08 Å². The Labute approximate surface area is 157 Å². The lowest BCUT2D eigenvalue weighted by Crippen LogP contribution is -2.48. The highest BCUT2D eigenvalue weighted by Gasteiger charge is 2.05. The number of ether oxygens (including phenoxy) is 1. The van der Waals surface area contributed by atoms with Gasteiger partial charge in [-0.05, 0) is 41.6 Å². The van der Waals surface area contributed by atoms with E-state index in [2.05, 4.69) is 16.2 Å². The van der Waals surface area contributed by atoms with E-state index in [-0.39, 0.29) is 17.4 Å². The number of hydrazine groups is 1. The highest BCUT2D eigenvalue weighted by molar-refractivity contribution is 7.80. The minimum atomic E-state index is -0.407. The lowest BCUT2D eigenvalue weighted by molar-refractivity contribution is -0.121. The first-order chi connectivity index (χ1) is 12.6. The van der Waals surface area contributed by atoms with Crippen molar-refractivity contribution in [2.45, 2.75) is 6.42 Å². The quantitative estimate of drug-likeness (QED) is 0.427. The number of benzene rings is 2. The molecule has 6 nitrogen and oxygen atoms in total. The van der Waals surface area contributed by atoms with Gasteiger partial charge < -0.3 is 4.74 Å². The maximum Gasteiger partial charge on any atom is 0.250 e. The van der Waals surface area contributed by atoms with Crippen LogP contribution in [0.1, 0.15) is 11.1 Å². The standard InChI is InChI=1S/C19H19N3O3S/c1-25-16-10-7-14(8-11-16)9-12-17(23)20-19(26)22-21-18(24)13-15-5-3-2-4-6-15/h2-12H,13H2,1H3,(H,21,24)(H2,20,22,23,26). The minimum Gasteiger partial charge on any atom is -0.497 e. The number of amides is 2. The van der Waals surface area contributed by atoms with E-state index in [0.717, 1.165) is 16.9 Å². The van der Waals surface area contributed by atoms with Crippen molar-refractivity contribution in [3.05, 3.63) is 71.8 Å². The zero-order valence-electron chi connectivity index (χ0n) is 14.2. The van der Waals surface area contributed by atoms with E-state index in [1.54, 1.807) is 25.3 Å². The van der Waals surface area contributed by atoms with Gasteiger partial charge in [0.2, 0.25) is 11.8 Å². The Morgan fingerprint density at radius 1 is 1.04 bits per heavy atom. The van der Waals surface area contributed by atoms with Crippen LogP contribution >= 0.6 is 12.2 Å². The molecule has 0 fully saturated rings. The second kappa shape index (κ2) is 9.95. The number of carbonyl (C=O) groups excluding carboxylic acids is 2. The van der Waals surface area contributed by atoms with Gasteiger partial charge in [0.05, 0.1) is 13.5 Å². The summed E-state index contributed by atoms with van der Waals surface area (Å²) in [6.45, 7) is 0. The van der Waals surface area contributed by atoms with Crippen LogP contribution in [0.3, 0.4) is 0 Å². The molecule has 0 spiro atoms. The van der Waals surface area contributed by atoms with Crippen molar-refractivity contribution in [3.63, 3.8) is 0 Å². The first-order valence-corrected chi connectivity index (χ1v) is 8.23. The topological polar surface area (TPSA) is 79.5 Å². The smallest absolute Gasteiger partial charge is 0.250 e. The molecule has 3 N–H and O–H groups in total. The molecule has 2 amide bonds. The van der Waals surface area contributed by atoms with Crippen LogP contribution in [0.15, 0.2) is 60.7 Å². The van der Waals surface area contributed by atoms with Crippen molar-refractivity contribution in [2.24, 2.45) is 0 Å². The number of nitrogens with one attached hydrogen (secondary N) is 3. The summed E-state index contributed by atoms with van der Waals surface area (Å²) >= 11 is 4.97. The molecule has 0 radical (unpaired) electrons. The zero-order valence-corrected chi connectivity index (χ0v) is 15.0. The molecule has 0 atom stereocenters. The first-order valence-electron chi connectivity index (χ1n) is 7.82.